The van der Waals surface area contributed by atoms with E-state index in [1.165, 1.54) is 17.9 Å². The zero-order valence-electron chi connectivity index (χ0n) is 23.0. The minimum Gasteiger partial charge on any atom is -0.503 e. The Morgan fingerprint density at radius 1 is 1.10 bits per heavy atom. The standard InChI is InChI=1S/C31H32N2O6S/c1-5-7-17-39-24-16-14-22(18-25(24)38-6-2)27-26(23(35)15-13-21-11-9-8-10-12-21)28(36)30(37)33(27)31-32-19(3)29(40-31)20(4)34/h8-16,18,27,36H,5-7,17H2,1-4H3. The van der Waals surface area contributed by atoms with Crippen LogP contribution in [0, 0.1) is 6.92 Å². The van der Waals surface area contributed by atoms with Crippen LogP contribution >= 0.6 is 11.3 Å². The van der Waals surface area contributed by atoms with Gasteiger partial charge in [0.05, 0.1) is 35.4 Å². The molecular formula is C31H32N2O6S. The summed E-state index contributed by atoms with van der Waals surface area (Å²) in [7, 11) is 0. The molecule has 0 bridgehead atoms. The molecule has 40 heavy (non-hydrogen) atoms. The summed E-state index contributed by atoms with van der Waals surface area (Å²) in [5.74, 6) is -1.14. The summed E-state index contributed by atoms with van der Waals surface area (Å²) in [6.07, 6.45) is 4.82. The maximum atomic E-state index is 13.6. The van der Waals surface area contributed by atoms with E-state index in [0.29, 0.717) is 40.8 Å². The first kappa shape index (κ1) is 28.8. The van der Waals surface area contributed by atoms with E-state index in [2.05, 4.69) is 11.9 Å². The summed E-state index contributed by atoms with van der Waals surface area (Å²) in [5, 5.41) is 11.2. The lowest BCUT2D eigenvalue weighted by Gasteiger charge is -2.25. The van der Waals surface area contributed by atoms with Crippen LogP contribution in [0.15, 0.2) is 65.9 Å². The Kier molecular flexibility index (Phi) is 9.16. The molecule has 8 nitrogen and oxygen atoms in total. The van der Waals surface area contributed by atoms with Crippen molar-refractivity contribution in [3.05, 3.63) is 87.6 Å². The molecule has 0 fully saturated rings. The van der Waals surface area contributed by atoms with Gasteiger partial charge in [-0.05, 0) is 49.6 Å². The van der Waals surface area contributed by atoms with Gasteiger partial charge < -0.3 is 14.6 Å². The van der Waals surface area contributed by atoms with Crippen LogP contribution in [-0.2, 0) is 9.59 Å². The number of aryl methyl sites for hydroxylation is 1. The number of carbonyl (C=O) groups is 3. The van der Waals surface area contributed by atoms with Gasteiger partial charge in [-0.1, -0.05) is 67.2 Å². The summed E-state index contributed by atoms with van der Waals surface area (Å²) in [6.45, 7) is 7.93. The first-order chi connectivity index (χ1) is 19.3. The smallest absolute Gasteiger partial charge is 0.296 e. The highest BCUT2D eigenvalue weighted by molar-refractivity contribution is 7.17. The molecule has 0 saturated carbocycles. The number of hydrogen-bond acceptors (Lipinski definition) is 8. The Bertz CT molecular complexity index is 1470. The van der Waals surface area contributed by atoms with Gasteiger partial charge in [0.15, 0.2) is 34.0 Å². The molecule has 208 valence electrons. The number of aromatic nitrogens is 1. The Morgan fingerprint density at radius 3 is 2.50 bits per heavy atom. The minimum atomic E-state index is -1.00. The first-order valence-electron chi connectivity index (χ1n) is 13.2. The average Bonchev–Trinajstić information content (AvgIpc) is 3.45. The lowest BCUT2D eigenvalue weighted by Crippen LogP contribution is -2.31. The Balaban J connectivity index is 1.82. The number of benzene rings is 2. The fourth-order valence-corrected chi connectivity index (χ4v) is 5.40. The van der Waals surface area contributed by atoms with E-state index in [0.717, 1.165) is 29.7 Å². The van der Waals surface area contributed by atoms with Crippen molar-refractivity contribution < 1.29 is 29.0 Å². The highest BCUT2D eigenvalue weighted by atomic mass is 32.1. The molecule has 1 aliphatic rings. The van der Waals surface area contributed by atoms with Crippen LogP contribution < -0.4 is 14.4 Å². The molecule has 2 aromatic carbocycles. The summed E-state index contributed by atoms with van der Waals surface area (Å²) in [5.41, 5.74) is 1.70. The van der Waals surface area contributed by atoms with Crippen LogP contribution in [0.3, 0.4) is 0 Å². The van der Waals surface area contributed by atoms with E-state index < -0.39 is 23.5 Å². The zero-order chi connectivity index (χ0) is 28.8. The summed E-state index contributed by atoms with van der Waals surface area (Å²) >= 11 is 1.05. The van der Waals surface area contributed by atoms with Gasteiger partial charge in [-0.2, -0.15) is 0 Å². The molecule has 3 aromatic rings. The number of thiazole rings is 1. The van der Waals surface area contributed by atoms with Crippen LogP contribution in [0.5, 0.6) is 11.5 Å². The molecule has 4 rings (SSSR count). The van der Waals surface area contributed by atoms with Crippen molar-refractivity contribution in [2.24, 2.45) is 0 Å². The third-order valence-electron chi connectivity index (χ3n) is 6.35. The third kappa shape index (κ3) is 5.99. The maximum absolute atomic E-state index is 13.6. The average molecular weight is 561 g/mol. The Labute approximate surface area is 237 Å². The van der Waals surface area contributed by atoms with Crippen molar-refractivity contribution in [2.45, 2.75) is 46.6 Å². The number of aliphatic hydroxyl groups is 1. The second kappa shape index (κ2) is 12.7. The molecule has 1 aliphatic heterocycles. The van der Waals surface area contributed by atoms with Crippen LogP contribution in [-0.4, -0.2) is 40.8 Å². The van der Waals surface area contributed by atoms with Gasteiger partial charge in [0, 0.05) is 6.92 Å². The topological polar surface area (TPSA) is 106 Å². The lowest BCUT2D eigenvalue weighted by atomic mass is 9.95. The van der Waals surface area contributed by atoms with Gasteiger partial charge >= 0.3 is 0 Å². The van der Waals surface area contributed by atoms with E-state index in [4.69, 9.17) is 9.47 Å². The van der Waals surface area contributed by atoms with E-state index in [-0.39, 0.29) is 16.5 Å². The van der Waals surface area contributed by atoms with Gasteiger partial charge in [0.2, 0.25) is 0 Å². The number of hydrogen-bond donors (Lipinski definition) is 1. The summed E-state index contributed by atoms with van der Waals surface area (Å²) in [4.78, 5) is 45.3. The molecule has 9 heteroatoms. The maximum Gasteiger partial charge on any atom is 0.296 e. The summed E-state index contributed by atoms with van der Waals surface area (Å²) < 4.78 is 11.8. The third-order valence-corrected chi connectivity index (χ3v) is 7.61. The normalized spacial score (nSPS) is 15.2. The number of ether oxygens (including phenoxy) is 2. The number of nitrogens with zero attached hydrogens (tertiary/aromatic N) is 2. The Hall–Kier alpha value is -4.24. The second-order valence-electron chi connectivity index (χ2n) is 9.26. The number of carbonyl (C=O) groups excluding carboxylic acids is 3. The van der Waals surface area contributed by atoms with Crippen molar-refractivity contribution in [3.8, 4) is 11.5 Å². The van der Waals surface area contributed by atoms with Gasteiger partial charge in [0.1, 0.15) is 0 Å². The number of amides is 1. The molecule has 0 spiro atoms. The monoisotopic (exact) mass is 560 g/mol. The second-order valence-corrected chi connectivity index (χ2v) is 10.2. The van der Waals surface area contributed by atoms with E-state index in [1.807, 2.05) is 37.3 Å². The highest BCUT2D eigenvalue weighted by Gasteiger charge is 2.45. The van der Waals surface area contributed by atoms with Crippen LogP contribution in [0.4, 0.5) is 5.13 Å². The molecule has 1 unspecified atom stereocenters. The van der Waals surface area contributed by atoms with Crippen molar-refractivity contribution >= 4 is 40.0 Å². The molecule has 1 amide bonds. The van der Waals surface area contributed by atoms with Crippen molar-refractivity contribution in [2.75, 3.05) is 18.1 Å². The van der Waals surface area contributed by atoms with E-state index in [1.54, 1.807) is 31.2 Å². The quantitative estimate of drug-likeness (QED) is 0.155. The SMILES string of the molecule is CCCCOc1ccc(C2C(C(=O)C=Cc3ccccc3)=C(O)C(=O)N2c2nc(C)c(C(C)=O)s2)cc1OCC. The molecule has 1 aromatic heterocycles. The number of allylic oxidation sites excluding steroid dienone is 1. The highest BCUT2D eigenvalue weighted by Crippen LogP contribution is 2.45. The van der Waals surface area contributed by atoms with Crippen molar-refractivity contribution in [1.29, 1.82) is 0 Å². The number of aliphatic hydroxyl groups excluding tert-OH is 1. The number of Topliss-reactive ketones (excluding diaryl/α,β-unsaturated/α-hetero) is 1. The van der Waals surface area contributed by atoms with Crippen molar-refractivity contribution in [3.63, 3.8) is 0 Å². The number of unbranched alkanes of at least 4 members (excludes halogenated alkanes) is 1. The Morgan fingerprint density at radius 2 is 1.85 bits per heavy atom. The summed E-state index contributed by atoms with van der Waals surface area (Å²) in [6, 6.07) is 13.4. The van der Waals surface area contributed by atoms with Gasteiger partial charge in [0.25, 0.3) is 5.91 Å². The molecular weight excluding hydrogens is 528 g/mol. The molecule has 0 radical (unpaired) electrons. The predicted octanol–water partition coefficient (Wildman–Crippen LogP) is 6.41. The largest absolute Gasteiger partial charge is 0.503 e. The van der Waals surface area contributed by atoms with E-state index in [9.17, 15) is 19.5 Å². The molecule has 2 heterocycles. The zero-order valence-corrected chi connectivity index (χ0v) is 23.8. The van der Waals surface area contributed by atoms with Gasteiger partial charge in [-0.3, -0.25) is 19.3 Å². The van der Waals surface area contributed by atoms with Crippen LogP contribution in [0.2, 0.25) is 0 Å². The molecule has 1 atom stereocenters. The predicted molar refractivity (Wildman–Crippen MR) is 155 cm³/mol. The van der Waals surface area contributed by atoms with E-state index >= 15 is 0 Å². The minimum absolute atomic E-state index is 0.0866. The number of ketones is 2. The number of rotatable bonds is 12. The van der Waals surface area contributed by atoms with Crippen LogP contribution in [0.25, 0.3) is 6.08 Å². The van der Waals surface area contributed by atoms with Gasteiger partial charge in [-0.25, -0.2) is 4.98 Å². The number of anilines is 1. The van der Waals surface area contributed by atoms with Gasteiger partial charge in [-0.15, -0.1) is 0 Å². The molecule has 1 N–H and O–H groups in total. The molecule has 0 saturated heterocycles. The fraction of sp³-hybridized carbons (Fsp3) is 0.290. The van der Waals surface area contributed by atoms with Crippen molar-refractivity contribution in [1.82, 2.24) is 4.98 Å². The van der Waals surface area contributed by atoms with Crippen LogP contribution in [0.1, 0.15) is 66.1 Å². The first-order valence-corrected chi connectivity index (χ1v) is 14.0. The molecule has 0 aliphatic carbocycles. The fourth-order valence-electron chi connectivity index (χ4n) is 4.42. The lowest BCUT2D eigenvalue weighted by molar-refractivity contribution is -0.117.